The van der Waals surface area contributed by atoms with Gasteiger partial charge in [-0.1, -0.05) is 42.1 Å². The summed E-state index contributed by atoms with van der Waals surface area (Å²) >= 11 is 3.04. The van der Waals surface area contributed by atoms with E-state index < -0.39 is 0 Å². The van der Waals surface area contributed by atoms with Gasteiger partial charge in [-0.15, -0.1) is 21.5 Å². The average Bonchev–Trinajstić information content (AvgIpc) is 3.37. The van der Waals surface area contributed by atoms with Crippen LogP contribution in [0, 0.1) is 6.92 Å². The standard InChI is InChI=1S/C21H22N6O2S2/c1-15-13-30-20-22-17(11-18(28)27(15)20)14-31-21-24-23-19(25-7-9-29-10-8-25)26(21)12-16-5-3-2-4-6-16/h2-6,11,13H,7-10,12,14H2,1H3. The fourth-order valence-corrected chi connectivity index (χ4v) is 5.32. The Morgan fingerprint density at radius 1 is 1.16 bits per heavy atom. The van der Waals surface area contributed by atoms with E-state index in [1.807, 2.05) is 30.5 Å². The van der Waals surface area contributed by atoms with Crippen molar-refractivity contribution in [3.05, 3.63) is 69.1 Å². The molecule has 0 atom stereocenters. The lowest BCUT2D eigenvalue weighted by Gasteiger charge is -2.28. The van der Waals surface area contributed by atoms with Gasteiger partial charge < -0.3 is 9.64 Å². The Bertz CT molecular complexity index is 1240. The number of thioether (sulfide) groups is 1. The van der Waals surface area contributed by atoms with Crippen molar-refractivity contribution < 1.29 is 4.74 Å². The van der Waals surface area contributed by atoms with Crippen molar-refractivity contribution in [1.82, 2.24) is 24.1 Å². The van der Waals surface area contributed by atoms with Gasteiger partial charge in [-0.2, -0.15) is 0 Å². The first-order valence-electron chi connectivity index (χ1n) is 10.1. The topological polar surface area (TPSA) is 77.5 Å². The summed E-state index contributed by atoms with van der Waals surface area (Å²) in [6, 6.07) is 11.9. The maximum absolute atomic E-state index is 12.5. The number of aromatic nitrogens is 5. The molecule has 0 saturated carbocycles. The number of morpholine rings is 1. The van der Waals surface area contributed by atoms with Crippen LogP contribution in [-0.2, 0) is 17.0 Å². The van der Waals surface area contributed by atoms with E-state index in [4.69, 9.17) is 4.74 Å². The second kappa shape index (κ2) is 8.81. The second-order valence-electron chi connectivity index (χ2n) is 7.32. The van der Waals surface area contributed by atoms with E-state index in [-0.39, 0.29) is 5.56 Å². The van der Waals surface area contributed by atoms with Crippen LogP contribution in [-0.4, -0.2) is 50.5 Å². The highest BCUT2D eigenvalue weighted by Gasteiger charge is 2.21. The second-order valence-corrected chi connectivity index (χ2v) is 9.10. The Morgan fingerprint density at radius 3 is 2.77 bits per heavy atom. The van der Waals surface area contributed by atoms with Gasteiger partial charge in [0.2, 0.25) is 5.95 Å². The molecule has 4 aromatic rings. The van der Waals surface area contributed by atoms with Crippen LogP contribution in [0.25, 0.3) is 4.96 Å². The van der Waals surface area contributed by atoms with Crippen LogP contribution in [0.15, 0.2) is 51.7 Å². The van der Waals surface area contributed by atoms with E-state index >= 15 is 0 Å². The molecule has 0 aliphatic carbocycles. The van der Waals surface area contributed by atoms with E-state index in [0.29, 0.717) is 25.5 Å². The highest BCUT2D eigenvalue weighted by molar-refractivity contribution is 7.98. The summed E-state index contributed by atoms with van der Waals surface area (Å²) in [6.07, 6.45) is 0. The Balaban J connectivity index is 1.43. The molecule has 1 aliphatic heterocycles. The van der Waals surface area contributed by atoms with Crippen LogP contribution in [0.2, 0.25) is 0 Å². The predicted octanol–water partition coefficient (Wildman–Crippen LogP) is 2.83. The van der Waals surface area contributed by atoms with Gasteiger partial charge in [0.25, 0.3) is 5.56 Å². The molecule has 0 amide bonds. The number of hydrogen-bond acceptors (Lipinski definition) is 8. The lowest BCUT2D eigenvalue weighted by molar-refractivity contribution is 0.121. The van der Waals surface area contributed by atoms with Crippen molar-refractivity contribution in [3.63, 3.8) is 0 Å². The summed E-state index contributed by atoms with van der Waals surface area (Å²) in [7, 11) is 0. The molecule has 1 saturated heterocycles. The zero-order valence-corrected chi connectivity index (χ0v) is 18.7. The fourth-order valence-electron chi connectivity index (χ4n) is 3.60. The molecule has 1 fully saturated rings. The van der Waals surface area contributed by atoms with Gasteiger partial charge in [-0.3, -0.25) is 13.8 Å². The van der Waals surface area contributed by atoms with Crippen LogP contribution >= 0.6 is 23.1 Å². The summed E-state index contributed by atoms with van der Waals surface area (Å²) < 4.78 is 9.29. The molecular weight excluding hydrogens is 432 g/mol. The number of nitrogens with zero attached hydrogens (tertiary/aromatic N) is 6. The maximum atomic E-state index is 12.5. The maximum Gasteiger partial charge on any atom is 0.258 e. The summed E-state index contributed by atoms with van der Waals surface area (Å²) in [5.74, 6) is 1.41. The molecular formula is C21H22N6O2S2. The van der Waals surface area contributed by atoms with E-state index in [0.717, 1.165) is 40.5 Å². The number of ether oxygens (including phenoxy) is 1. The Kier molecular flexibility index (Phi) is 5.75. The van der Waals surface area contributed by atoms with Gasteiger partial charge in [0.1, 0.15) is 0 Å². The molecule has 8 nitrogen and oxygen atoms in total. The molecule has 0 bridgehead atoms. The van der Waals surface area contributed by atoms with E-state index in [1.54, 1.807) is 22.2 Å². The molecule has 5 rings (SSSR count). The molecule has 31 heavy (non-hydrogen) atoms. The monoisotopic (exact) mass is 454 g/mol. The third-order valence-corrected chi connectivity index (χ3v) is 7.10. The van der Waals surface area contributed by atoms with Gasteiger partial charge in [0.05, 0.1) is 25.5 Å². The highest BCUT2D eigenvalue weighted by atomic mass is 32.2. The Hall–Kier alpha value is -2.69. The smallest absolute Gasteiger partial charge is 0.258 e. The Labute approximate surface area is 187 Å². The fraction of sp³-hybridized carbons (Fsp3) is 0.333. The summed E-state index contributed by atoms with van der Waals surface area (Å²) in [5.41, 5.74) is 2.80. The number of rotatable bonds is 6. The third-order valence-electron chi connectivity index (χ3n) is 5.15. The summed E-state index contributed by atoms with van der Waals surface area (Å²) in [6.45, 7) is 5.57. The summed E-state index contributed by atoms with van der Waals surface area (Å²) in [5, 5.41) is 11.7. The number of anilines is 1. The van der Waals surface area contributed by atoms with Crippen molar-refractivity contribution in [2.75, 3.05) is 31.2 Å². The van der Waals surface area contributed by atoms with Gasteiger partial charge in [0, 0.05) is 36.0 Å². The van der Waals surface area contributed by atoms with Crippen molar-refractivity contribution >= 4 is 34.0 Å². The van der Waals surface area contributed by atoms with Crippen LogP contribution in [0.1, 0.15) is 17.0 Å². The van der Waals surface area contributed by atoms with Crippen molar-refractivity contribution in [2.24, 2.45) is 0 Å². The molecule has 0 unspecified atom stereocenters. The first kappa shape index (κ1) is 20.2. The van der Waals surface area contributed by atoms with E-state index in [2.05, 4.69) is 36.8 Å². The Morgan fingerprint density at radius 2 is 1.97 bits per heavy atom. The first-order valence-corrected chi connectivity index (χ1v) is 11.9. The molecule has 160 valence electrons. The molecule has 10 heteroatoms. The van der Waals surface area contributed by atoms with Crippen LogP contribution in [0.4, 0.5) is 5.95 Å². The largest absolute Gasteiger partial charge is 0.378 e. The average molecular weight is 455 g/mol. The SMILES string of the molecule is Cc1csc2nc(CSc3nnc(N4CCOCC4)n3Cc3ccccc3)cc(=O)n12. The molecule has 0 radical (unpaired) electrons. The number of fused-ring (bicyclic) bond motifs is 1. The minimum absolute atomic E-state index is 0.0425. The predicted molar refractivity (Wildman–Crippen MR) is 122 cm³/mol. The molecule has 0 N–H and O–H groups in total. The van der Waals surface area contributed by atoms with Crippen molar-refractivity contribution in [2.45, 2.75) is 24.4 Å². The molecule has 3 aromatic heterocycles. The zero-order chi connectivity index (χ0) is 21.2. The lowest BCUT2D eigenvalue weighted by Crippen LogP contribution is -2.38. The molecule has 0 spiro atoms. The van der Waals surface area contributed by atoms with Crippen molar-refractivity contribution in [1.29, 1.82) is 0 Å². The van der Waals surface area contributed by atoms with Crippen LogP contribution < -0.4 is 10.5 Å². The number of hydrogen-bond donors (Lipinski definition) is 0. The van der Waals surface area contributed by atoms with E-state index in [1.165, 1.54) is 16.9 Å². The minimum Gasteiger partial charge on any atom is -0.378 e. The lowest BCUT2D eigenvalue weighted by atomic mass is 10.2. The van der Waals surface area contributed by atoms with E-state index in [9.17, 15) is 4.79 Å². The normalized spacial score (nSPS) is 14.4. The molecule has 1 aliphatic rings. The quantitative estimate of drug-likeness (QED) is 0.415. The van der Waals surface area contributed by atoms with Crippen LogP contribution in [0.5, 0.6) is 0 Å². The molecule has 1 aromatic carbocycles. The van der Waals surface area contributed by atoms with Gasteiger partial charge >= 0.3 is 0 Å². The zero-order valence-electron chi connectivity index (χ0n) is 17.1. The van der Waals surface area contributed by atoms with Crippen LogP contribution in [0.3, 0.4) is 0 Å². The summed E-state index contributed by atoms with van der Waals surface area (Å²) in [4.78, 5) is 20.1. The van der Waals surface area contributed by atoms with Crippen molar-refractivity contribution in [3.8, 4) is 0 Å². The first-order chi connectivity index (χ1) is 15.2. The highest BCUT2D eigenvalue weighted by Crippen LogP contribution is 2.26. The minimum atomic E-state index is -0.0425. The number of aryl methyl sites for hydroxylation is 1. The number of thiazole rings is 1. The van der Waals surface area contributed by atoms with Gasteiger partial charge in [-0.05, 0) is 12.5 Å². The third kappa shape index (κ3) is 4.23. The number of benzene rings is 1. The van der Waals surface area contributed by atoms with Gasteiger partial charge in [0.15, 0.2) is 10.1 Å². The van der Waals surface area contributed by atoms with Gasteiger partial charge in [-0.25, -0.2) is 4.98 Å². The molecule has 4 heterocycles.